The van der Waals surface area contributed by atoms with E-state index in [1.807, 2.05) is 0 Å². The van der Waals surface area contributed by atoms with Crippen LogP contribution >= 0.6 is 22.6 Å². The molecule has 2 heteroatoms. The van der Waals surface area contributed by atoms with Gasteiger partial charge in [0.05, 0.1) is 12.7 Å². The van der Waals surface area contributed by atoms with Gasteiger partial charge in [0.25, 0.3) is 0 Å². The molecule has 0 aromatic rings. The van der Waals surface area contributed by atoms with Crippen LogP contribution in [0, 0.1) is 35.5 Å². The summed E-state index contributed by atoms with van der Waals surface area (Å²) in [7, 11) is 0. The Hall–Kier alpha value is 0.690. The zero-order valence-electron chi connectivity index (χ0n) is 6.03. The van der Waals surface area contributed by atoms with Crippen molar-refractivity contribution in [2.24, 2.45) is 35.5 Å². The molecule has 6 rings (SSSR count). The molecule has 0 aromatic carbocycles. The standard InChI is InChI=1S/C9H9IO/c10-9-5-3-2-1-11-8(6(3)9)7(9)4(2)5/h2-8H,1H2/t2?,3-,4-,5?,6+,7+,8?,9?/m0/s1. The van der Waals surface area contributed by atoms with Crippen molar-refractivity contribution < 1.29 is 4.74 Å². The summed E-state index contributed by atoms with van der Waals surface area (Å²) in [6.45, 7) is 1.12. The summed E-state index contributed by atoms with van der Waals surface area (Å²) in [6, 6.07) is 0. The molecule has 2 saturated heterocycles. The number of hydrogen-bond acceptors (Lipinski definition) is 1. The smallest absolute Gasteiger partial charge is 0.0663 e. The van der Waals surface area contributed by atoms with Crippen molar-refractivity contribution in [1.82, 2.24) is 0 Å². The van der Waals surface area contributed by atoms with Gasteiger partial charge in [-0.1, -0.05) is 22.6 Å². The molecule has 2 heterocycles. The van der Waals surface area contributed by atoms with Gasteiger partial charge in [0, 0.05) is 15.3 Å². The van der Waals surface area contributed by atoms with E-state index in [1.165, 1.54) is 5.92 Å². The minimum absolute atomic E-state index is 0.733. The second-order valence-electron chi connectivity index (χ2n) is 5.02. The summed E-state index contributed by atoms with van der Waals surface area (Å²) in [5.74, 6) is 6.50. The maximum atomic E-state index is 5.82. The van der Waals surface area contributed by atoms with Crippen molar-refractivity contribution >= 4 is 22.6 Å². The average molecular weight is 260 g/mol. The topological polar surface area (TPSA) is 9.23 Å². The van der Waals surface area contributed by atoms with Gasteiger partial charge in [0.1, 0.15) is 0 Å². The maximum Gasteiger partial charge on any atom is 0.0663 e. The Morgan fingerprint density at radius 3 is 2.45 bits per heavy atom. The quantitative estimate of drug-likeness (QED) is 0.471. The third kappa shape index (κ3) is 0.260. The second kappa shape index (κ2) is 1.14. The molecule has 0 spiro atoms. The number of alkyl halides is 1. The summed E-state index contributed by atoms with van der Waals surface area (Å²) in [5.41, 5.74) is 0. The molecule has 0 radical (unpaired) electrons. The highest BCUT2D eigenvalue weighted by atomic mass is 127. The molecule has 0 N–H and O–H groups in total. The Balaban J connectivity index is 1.80. The van der Waals surface area contributed by atoms with E-state index >= 15 is 0 Å². The van der Waals surface area contributed by atoms with Crippen LogP contribution in [-0.4, -0.2) is 16.1 Å². The van der Waals surface area contributed by atoms with Gasteiger partial charge in [0.15, 0.2) is 0 Å². The zero-order valence-corrected chi connectivity index (χ0v) is 8.19. The van der Waals surface area contributed by atoms with E-state index in [-0.39, 0.29) is 0 Å². The first kappa shape index (κ1) is 5.43. The molecule has 6 fully saturated rings. The molecule has 4 aliphatic carbocycles. The first-order valence-corrected chi connectivity index (χ1v) is 5.73. The molecular formula is C9H9IO. The molecule has 2 bridgehead atoms. The van der Waals surface area contributed by atoms with Crippen molar-refractivity contribution in [2.45, 2.75) is 9.53 Å². The fourth-order valence-electron chi connectivity index (χ4n) is 5.19. The number of ether oxygens (including phenoxy) is 1. The molecule has 58 valence electrons. The van der Waals surface area contributed by atoms with Gasteiger partial charge < -0.3 is 4.74 Å². The molecular weight excluding hydrogens is 251 g/mol. The van der Waals surface area contributed by atoms with E-state index in [2.05, 4.69) is 22.6 Å². The predicted molar refractivity (Wildman–Crippen MR) is 47.4 cm³/mol. The van der Waals surface area contributed by atoms with Crippen molar-refractivity contribution in [3.05, 3.63) is 0 Å². The largest absolute Gasteiger partial charge is 0.377 e. The summed E-state index contributed by atoms with van der Waals surface area (Å²) in [5, 5.41) is 0. The third-order valence-electron chi connectivity index (χ3n) is 5.37. The molecule has 0 unspecified atom stereocenters. The van der Waals surface area contributed by atoms with E-state index in [1.54, 1.807) is 0 Å². The molecule has 11 heavy (non-hydrogen) atoms. The van der Waals surface area contributed by atoms with E-state index in [0.29, 0.717) is 0 Å². The molecule has 0 aromatic heterocycles. The first-order chi connectivity index (χ1) is 5.35. The lowest BCUT2D eigenvalue weighted by molar-refractivity contribution is -0.467. The van der Waals surface area contributed by atoms with E-state index < -0.39 is 0 Å². The highest BCUT2D eigenvalue weighted by molar-refractivity contribution is 14.1. The Morgan fingerprint density at radius 1 is 1.18 bits per heavy atom. The fourth-order valence-corrected chi connectivity index (χ4v) is 7.56. The maximum absolute atomic E-state index is 5.82. The second-order valence-corrected chi connectivity index (χ2v) is 6.89. The zero-order chi connectivity index (χ0) is 6.96. The minimum Gasteiger partial charge on any atom is -0.377 e. The number of rotatable bonds is 0. The minimum atomic E-state index is 0.733. The molecule has 4 saturated carbocycles. The summed E-state index contributed by atoms with van der Waals surface area (Å²) >= 11 is 2.74. The van der Waals surface area contributed by atoms with Gasteiger partial charge in [-0.15, -0.1) is 0 Å². The highest BCUT2D eigenvalue weighted by Gasteiger charge is 2.95. The summed E-state index contributed by atoms with van der Waals surface area (Å²) in [4.78, 5) is 0. The number of fused-ring (bicyclic) bond motifs is 1. The van der Waals surface area contributed by atoms with Crippen LogP contribution in [0.1, 0.15) is 0 Å². The van der Waals surface area contributed by atoms with Crippen molar-refractivity contribution in [3.63, 3.8) is 0 Å². The highest BCUT2D eigenvalue weighted by Crippen LogP contribution is 2.93. The summed E-state index contributed by atoms with van der Waals surface area (Å²) < 4.78 is 6.60. The Kier molecular flexibility index (Phi) is 0.562. The monoisotopic (exact) mass is 260 g/mol. The van der Waals surface area contributed by atoms with Crippen molar-refractivity contribution in [1.29, 1.82) is 0 Å². The molecule has 1 nitrogen and oxygen atoms in total. The lowest BCUT2D eigenvalue weighted by Crippen LogP contribution is -2.99. The van der Waals surface area contributed by atoms with Crippen LogP contribution in [0.4, 0.5) is 0 Å². The Morgan fingerprint density at radius 2 is 1.91 bits per heavy atom. The van der Waals surface area contributed by atoms with Gasteiger partial charge in [-0.05, 0) is 23.7 Å². The predicted octanol–water partition coefficient (Wildman–Crippen LogP) is 1.31. The number of hydrogen-bond donors (Lipinski definition) is 0. The lowest BCUT2D eigenvalue weighted by Gasteiger charge is -2.95. The Bertz CT molecular complexity index is 259. The van der Waals surface area contributed by atoms with Crippen molar-refractivity contribution in [2.75, 3.05) is 6.61 Å². The van der Waals surface area contributed by atoms with E-state index in [0.717, 1.165) is 45.7 Å². The molecule has 4 atom stereocenters. The van der Waals surface area contributed by atoms with Crippen LogP contribution < -0.4 is 0 Å². The van der Waals surface area contributed by atoms with Gasteiger partial charge >= 0.3 is 0 Å². The van der Waals surface area contributed by atoms with Gasteiger partial charge in [-0.25, -0.2) is 0 Å². The van der Waals surface area contributed by atoms with E-state index in [9.17, 15) is 0 Å². The van der Waals surface area contributed by atoms with Gasteiger partial charge in [-0.3, -0.25) is 0 Å². The van der Waals surface area contributed by atoms with Crippen LogP contribution in [0.25, 0.3) is 0 Å². The van der Waals surface area contributed by atoms with Crippen LogP contribution in [0.15, 0.2) is 0 Å². The molecule has 6 aliphatic rings. The molecule has 2 aliphatic heterocycles. The van der Waals surface area contributed by atoms with Gasteiger partial charge in [-0.2, -0.15) is 0 Å². The average Bonchev–Trinajstić information content (AvgIpc) is 2.00. The van der Waals surface area contributed by atoms with Crippen LogP contribution in [0.3, 0.4) is 0 Å². The fraction of sp³-hybridized carbons (Fsp3) is 1.00. The Labute approximate surface area is 79.0 Å². The first-order valence-electron chi connectivity index (χ1n) is 4.65. The van der Waals surface area contributed by atoms with Crippen molar-refractivity contribution in [3.8, 4) is 0 Å². The van der Waals surface area contributed by atoms with Gasteiger partial charge in [0.2, 0.25) is 0 Å². The lowest BCUT2D eigenvalue weighted by atomic mass is 9.15. The third-order valence-corrected chi connectivity index (χ3v) is 7.53. The van der Waals surface area contributed by atoms with Crippen LogP contribution in [0.2, 0.25) is 0 Å². The normalized spacial score (nSPS) is 90.8. The van der Waals surface area contributed by atoms with E-state index in [4.69, 9.17) is 4.74 Å². The number of halogens is 1. The van der Waals surface area contributed by atoms with Crippen LogP contribution in [-0.2, 0) is 4.74 Å². The SMILES string of the molecule is IC12C3[C@@H]4C5COC([C@@H]41)[C@H]2[C@@H]53. The molecule has 0 amide bonds. The van der Waals surface area contributed by atoms with Crippen LogP contribution in [0.5, 0.6) is 0 Å². The summed E-state index contributed by atoms with van der Waals surface area (Å²) in [6.07, 6.45) is 0.733.